The summed E-state index contributed by atoms with van der Waals surface area (Å²) in [5, 5.41) is 2.72. The van der Waals surface area contributed by atoms with E-state index >= 15 is 0 Å². The van der Waals surface area contributed by atoms with Crippen LogP contribution in [0, 0.1) is 5.82 Å². The number of para-hydroxylation sites is 1. The number of rotatable bonds is 10. The van der Waals surface area contributed by atoms with E-state index in [1.807, 2.05) is 37.3 Å². The normalized spacial score (nSPS) is 11.5. The summed E-state index contributed by atoms with van der Waals surface area (Å²) in [5.74, 6) is -0.115. The lowest BCUT2D eigenvalue weighted by atomic mass is 10.1. The first-order valence-electron chi connectivity index (χ1n) is 9.51. The Morgan fingerprint density at radius 1 is 1.11 bits per heavy atom. The van der Waals surface area contributed by atoms with Crippen molar-refractivity contribution in [1.29, 1.82) is 0 Å². The van der Waals surface area contributed by atoms with Crippen LogP contribution in [0.1, 0.15) is 32.3 Å². The summed E-state index contributed by atoms with van der Waals surface area (Å²) >= 11 is 0. The van der Waals surface area contributed by atoms with Crippen LogP contribution in [-0.4, -0.2) is 35.9 Å². The molecule has 150 valence electrons. The number of halogens is 1. The topological polar surface area (TPSA) is 58.6 Å². The number of hydrogen-bond donors (Lipinski definition) is 1. The van der Waals surface area contributed by atoms with Crippen LogP contribution in [0.3, 0.4) is 0 Å². The van der Waals surface area contributed by atoms with Crippen LogP contribution in [0.2, 0.25) is 0 Å². The lowest BCUT2D eigenvalue weighted by molar-refractivity contribution is -0.140. The Balaban J connectivity index is 1.99. The monoisotopic (exact) mass is 386 g/mol. The van der Waals surface area contributed by atoms with Crippen LogP contribution in [0.5, 0.6) is 5.75 Å². The number of carbonyl (C=O) groups excluding carboxylic acids is 2. The summed E-state index contributed by atoms with van der Waals surface area (Å²) in [4.78, 5) is 26.5. The number of ether oxygens (including phenoxy) is 1. The maximum absolute atomic E-state index is 14.1. The highest BCUT2D eigenvalue weighted by Gasteiger charge is 2.26. The van der Waals surface area contributed by atoms with E-state index in [9.17, 15) is 14.0 Å². The van der Waals surface area contributed by atoms with Crippen LogP contribution < -0.4 is 10.1 Å². The zero-order valence-corrected chi connectivity index (χ0v) is 16.4. The Morgan fingerprint density at radius 3 is 2.46 bits per heavy atom. The fourth-order valence-electron chi connectivity index (χ4n) is 2.79. The van der Waals surface area contributed by atoms with Gasteiger partial charge in [0.1, 0.15) is 17.6 Å². The van der Waals surface area contributed by atoms with Gasteiger partial charge in [0.2, 0.25) is 11.8 Å². The minimum absolute atomic E-state index is 0.0450. The van der Waals surface area contributed by atoms with Gasteiger partial charge in [-0.2, -0.15) is 0 Å². The fraction of sp³-hybridized carbons (Fsp3) is 0.364. The molecule has 28 heavy (non-hydrogen) atoms. The van der Waals surface area contributed by atoms with Crippen molar-refractivity contribution >= 4 is 11.8 Å². The molecule has 6 heteroatoms. The third-order valence-electron chi connectivity index (χ3n) is 4.36. The Kier molecular flexibility index (Phi) is 8.46. The van der Waals surface area contributed by atoms with E-state index in [-0.39, 0.29) is 24.8 Å². The van der Waals surface area contributed by atoms with Gasteiger partial charge in [0, 0.05) is 25.1 Å². The SMILES string of the molecule is CCNC(=O)[C@H](C)N(Cc1ccccc1F)C(=O)CCCOc1ccccc1. The van der Waals surface area contributed by atoms with Crippen molar-refractivity contribution < 1.29 is 18.7 Å². The van der Waals surface area contributed by atoms with E-state index in [1.54, 1.807) is 25.1 Å². The zero-order chi connectivity index (χ0) is 20.4. The number of likely N-dealkylation sites (N-methyl/N-ethyl adjacent to an activating group) is 1. The molecule has 1 N–H and O–H groups in total. The summed E-state index contributed by atoms with van der Waals surface area (Å²) < 4.78 is 19.7. The van der Waals surface area contributed by atoms with Crippen molar-refractivity contribution in [2.45, 2.75) is 39.3 Å². The lowest BCUT2D eigenvalue weighted by Gasteiger charge is -2.29. The van der Waals surface area contributed by atoms with Crippen LogP contribution in [0.15, 0.2) is 54.6 Å². The summed E-state index contributed by atoms with van der Waals surface area (Å²) in [6, 6.07) is 15.0. The van der Waals surface area contributed by atoms with Gasteiger partial charge in [-0.1, -0.05) is 36.4 Å². The van der Waals surface area contributed by atoms with Gasteiger partial charge in [-0.3, -0.25) is 9.59 Å². The minimum atomic E-state index is -0.693. The molecule has 0 aromatic heterocycles. The molecule has 2 aromatic rings. The second kappa shape index (κ2) is 11.1. The molecule has 0 unspecified atom stereocenters. The van der Waals surface area contributed by atoms with Crippen molar-refractivity contribution in [1.82, 2.24) is 10.2 Å². The molecule has 0 aliphatic heterocycles. The van der Waals surface area contributed by atoms with Crippen LogP contribution in [-0.2, 0) is 16.1 Å². The number of amides is 2. The first-order chi connectivity index (χ1) is 13.5. The van der Waals surface area contributed by atoms with Gasteiger partial charge in [-0.25, -0.2) is 4.39 Å². The van der Waals surface area contributed by atoms with Crippen LogP contribution in [0.25, 0.3) is 0 Å². The number of carbonyl (C=O) groups is 2. The second-order valence-corrected chi connectivity index (χ2v) is 6.45. The molecule has 0 heterocycles. The quantitative estimate of drug-likeness (QED) is 0.636. The van der Waals surface area contributed by atoms with E-state index in [1.165, 1.54) is 11.0 Å². The molecule has 0 bridgehead atoms. The predicted molar refractivity (Wildman–Crippen MR) is 106 cm³/mol. The number of nitrogens with zero attached hydrogens (tertiary/aromatic N) is 1. The maximum atomic E-state index is 14.1. The van der Waals surface area contributed by atoms with Gasteiger partial charge >= 0.3 is 0 Å². The molecule has 0 saturated carbocycles. The minimum Gasteiger partial charge on any atom is -0.494 e. The van der Waals surface area contributed by atoms with Crippen molar-refractivity contribution in [3.8, 4) is 5.75 Å². The predicted octanol–water partition coefficient (Wildman–Crippen LogP) is 3.54. The van der Waals surface area contributed by atoms with Crippen molar-refractivity contribution in [3.63, 3.8) is 0 Å². The Morgan fingerprint density at radius 2 is 1.79 bits per heavy atom. The zero-order valence-electron chi connectivity index (χ0n) is 16.4. The fourth-order valence-corrected chi connectivity index (χ4v) is 2.79. The standard InChI is InChI=1S/C22H27FN2O3/c1-3-24-22(27)17(2)25(16-18-10-7-8-13-20(18)23)21(26)14-9-15-28-19-11-5-4-6-12-19/h4-8,10-13,17H,3,9,14-16H2,1-2H3,(H,24,27)/t17-/m0/s1. The smallest absolute Gasteiger partial charge is 0.242 e. The summed E-state index contributed by atoms with van der Waals surface area (Å²) in [7, 11) is 0. The third-order valence-corrected chi connectivity index (χ3v) is 4.36. The van der Waals surface area contributed by atoms with E-state index in [0.717, 1.165) is 5.75 Å². The van der Waals surface area contributed by atoms with E-state index in [0.29, 0.717) is 25.1 Å². The van der Waals surface area contributed by atoms with Gasteiger partial charge < -0.3 is 15.0 Å². The molecule has 1 atom stereocenters. The molecule has 0 saturated heterocycles. The molecule has 0 aliphatic rings. The Bertz CT molecular complexity index is 767. The second-order valence-electron chi connectivity index (χ2n) is 6.45. The molecule has 0 aliphatic carbocycles. The molecule has 0 spiro atoms. The van der Waals surface area contributed by atoms with Crippen molar-refractivity contribution in [2.75, 3.05) is 13.2 Å². The van der Waals surface area contributed by atoms with Crippen molar-refractivity contribution in [2.24, 2.45) is 0 Å². The summed E-state index contributed by atoms with van der Waals surface area (Å²) in [5.41, 5.74) is 0.382. The lowest BCUT2D eigenvalue weighted by Crippen LogP contribution is -2.47. The number of hydrogen-bond acceptors (Lipinski definition) is 3. The molecule has 0 radical (unpaired) electrons. The van der Waals surface area contributed by atoms with Gasteiger partial charge in [-0.15, -0.1) is 0 Å². The van der Waals surface area contributed by atoms with Gasteiger partial charge in [0.25, 0.3) is 0 Å². The molecule has 2 rings (SSSR count). The number of benzene rings is 2. The molecule has 0 fully saturated rings. The molecule has 2 aromatic carbocycles. The summed E-state index contributed by atoms with van der Waals surface area (Å²) in [6.45, 7) is 4.37. The van der Waals surface area contributed by atoms with Gasteiger partial charge in [0.05, 0.1) is 6.61 Å². The van der Waals surface area contributed by atoms with Gasteiger partial charge in [0.15, 0.2) is 0 Å². The largest absolute Gasteiger partial charge is 0.494 e. The average Bonchev–Trinajstić information content (AvgIpc) is 2.71. The molecule has 5 nitrogen and oxygen atoms in total. The summed E-state index contributed by atoms with van der Waals surface area (Å²) in [6.07, 6.45) is 0.717. The highest BCUT2D eigenvalue weighted by Crippen LogP contribution is 2.15. The van der Waals surface area contributed by atoms with Crippen LogP contribution in [0.4, 0.5) is 4.39 Å². The highest BCUT2D eigenvalue weighted by atomic mass is 19.1. The van der Waals surface area contributed by atoms with E-state index in [2.05, 4.69) is 5.32 Å². The maximum Gasteiger partial charge on any atom is 0.242 e. The molecular formula is C22H27FN2O3. The number of nitrogens with one attached hydrogen (secondary N) is 1. The molecular weight excluding hydrogens is 359 g/mol. The molecule has 2 amide bonds. The van der Waals surface area contributed by atoms with Crippen LogP contribution >= 0.6 is 0 Å². The average molecular weight is 386 g/mol. The van der Waals surface area contributed by atoms with E-state index in [4.69, 9.17) is 4.74 Å². The third kappa shape index (κ3) is 6.37. The Hall–Kier alpha value is -2.89. The first-order valence-corrected chi connectivity index (χ1v) is 9.51. The highest BCUT2D eigenvalue weighted by molar-refractivity contribution is 5.87. The van der Waals surface area contributed by atoms with Crippen molar-refractivity contribution in [3.05, 3.63) is 66.0 Å². The Labute approximate surface area is 165 Å². The van der Waals surface area contributed by atoms with E-state index < -0.39 is 11.9 Å². The first kappa shape index (κ1) is 21.4. The van der Waals surface area contributed by atoms with Gasteiger partial charge in [-0.05, 0) is 38.5 Å².